The molecule has 0 radical (unpaired) electrons. The van der Waals surface area contributed by atoms with Crippen LogP contribution in [0.15, 0.2) is 4.42 Å². The first-order valence-corrected chi connectivity index (χ1v) is 7.55. The third kappa shape index (κ3) is 4.17. The van der Waals surface area contributed by atoms with Crippen molar-refractivity contribution in [3.05, 3.63) is 17.3 Å². The molecule has 19 heavy (non-hydrogen) atoms. The zero-order valence-corrected chi connectivity index (χ0v) is 14.2. The zero-order valence-electron chi connectivity index (χ0n) is 12.8. The minimum Gasteiger partial charge on any atom is -0.462 e. The monoisotopic (exact) mass is 285 g/mol. The maximum absolute atomic E-state index is 11.4. The fraction of sp³-hybridized carbons (Fsp3) is 0.692. The Morgan fingerprint density at radius 2 is 1.84 bits per heavy atom. The molecule has 0 amide bonds. The number of hydrogen-bond acceptors (Lipinski definition) is 5. The largest absolute Gasteiger partial charge is 0.462 e. The van der Waals surface area contributed by atoms with Gasteiger partial charge in [-0.15, -0.1) is 0 Å². The van der Waals surface area contributed by atoms with Crippen molar-refractivity contribution in [2.24, 2.45) is 0 Å². The van der Waals surface area contributed by atoms with E-state index < -0.39 is 21.3 Å². The van der Waals surface area contributed by atoms with Gasteiger partial charge in [0.2, 0.25) is 0 Å². The summed E-state index contributed by atoms with van der Waals surface area (Å²) in [6.45, 7) is 12.1. The molecule has 0 bridgehead atoms. The molecule has 0 aliphatic heterocycles. The van der Waals surface area contributed by atoms with Crippen LogP contribution in [0.4, 0.5) is 0 Å². The van der Waals surface area contributed by atoms with Crippen molar-refractivity contribution in [3.8, 4) is 0 Å². The standard InChI is InChI=1S/C13H23NO4Si/c1-8-9(17-10(14-8)11(15)16-7)13(5,6)18-19-12(2,3)4/h19H2,1-7H3. The lowest BCUT2D eigenvalue weighted by atomic mass is 10.1. The molecule has 1 rings (SSSR count). The molecular formula is C13H23NO4Si. The lowest BCUT2D eigenvalue weighted by Gasteiger charge is -2.28. The van der Waals surface area contributed by atoms with Gasteiger partial charge in [0.25, 0.3) is 0 Å². The number of rotatable bonds is 4. The summed E-state index contributed by atoms with van der Waals surface area (Å²) < 4.78 is 16.2. The molecule has 0 fully saturated rings. The first-order valence-electron chi connectivity index (χ1n) is 6.27. The van der Waals surface area contributed by atoms with E-state index in [2.05, 4.69) is 30.5 Å². The number of aryl methyl sites for hydroxylation is 1. The quantitative estimate of drug-likeness (QED) is 0.627. The van der Waals surface area contributed by atoms with Crippen molar-refractivity contribution in [2.75, 3.05) is 7.11 Å². The molecular weight excluding hydrogens is 262 g/mol. The normalized spacial score (nSPS) is 13.2. The number of esters is 1. The van der Waals surface area contributed by atoms with E-state index in [1.807, 2.05) is 13.8 Å². The Morgan fingerprint density at radius 3 is 2.32 bits per heavy atom. The van der Waals surface area contributed by atoms with Crippen LogP contribution >= 0.6 is 0 Å². The highest BCUT2D eigenvalue weighted by molar-refractivity contribution is 6.31. The fourth-order valence-electron chi connectivity index (χ4n) is 1.59. The predicted molar refractivity (Wildman–Crippen MR) is 74.9 cm³/mol. The summed E-state index contributed by atoms with van der Waals surface area (Å²) in [6.07, 6.45) is 0. The van der Waals surface area contributed by atoms with Gasteiger partial charge in [-0.2, -0.15) is 0 Å². The van der Waals surface area contributed by atoms with Crippen LogP contribution in [-0.2, 0) is 14.8 Å². The van der Waals surface area contributed by atoms with Gasteiger partial charge in [0.1, 0.15) is 5.60 Å². The highest BCUT2D eigenvalue weighted by Gasteiger charge is 2.31. The predicted octanol–water partition coefficient (Wildman–Crippen LogP) is 2.32. The van der Waals surface area contributed by atoms with E-state index in [1.54, 1.807) is 6.92 Å². The number of carbonyl (C=O) groups excluding carboxylic acids is 1. The number of oxazole rings is 1. The Bertz CT molecular complexity index is 460. The van der Waals surface area contributed by atoms with Crippen LogP contribution < -0.4 is 0 Å². The molecule has 6 heteroatoms. The number of ether oxygens (including phenoxy) is 1. The third-order valence-electron chi connectivity index (χ3n) is 2.57. The van der Waals surface area contributed by atoms with Gasteiger partial charge in [0.05, 0.1) is 12.8 Å². The second kappa shape index (κ2) is 5.46. The molecule has 0 atom stereocenters. The summed E-state index contributed by atoms with van der Waals surface area (Å²) in [5.74, 6) is -0.00744. The highest BCUT2D eigenvalue weighted by Crippen LogP contribution is 2.31. The van der Waals surface area contributed by atoms with Gasteiger partial charge in [-0.3, -0.25) is 0 Å². The number of aromatic nitrogens is 1. The van der Waals surface area contributed by atoms with Gasteiger partial charge < -0.3 is 13.6 Å². The second-order valence-electron chi connectivity index (χ2n) is 6.28. The average molecular weight is 285 g/mol. The van der Waals surface area contributed by atoms with E-state index in [9.17, 15) is 4.79 Å². The molecule has 0 aliphatic carbocycles. The van der Waals surface area contributed by atoms with Crippen LogP contribution in [-0.4, -0.2) is 27.8 Å². The van der Waals surface area contributed by atoms with E-state index in [0.29, 0.717) is 11.5 Å². The Balaban J connectivity index is 2.95. The minimum atomic E-state index is -0.734. The van der Waals surface area contributed by atoms with Crippen molar-refractivity contribution in [1.29, 1.82) is 0 Å². The molecule has 0 unspecified atom stereocenters. The van der Waals surface area contributed by atoms with Crippen LogP contribution in [0.3, 0.4) is 0 Å². The molecule has 0 N–H and O–H groups in total. The molecule has 0 saturated heterocycles. The minimum absolute atomic E-state index is 0.0240. The van der Waals surface area contributed by atoms with Gasteiger partial charge in [0, 0.05) is 0 Å². The summed E-state index contributed by atoms with van der Waals surface area (Å²) in [5.41, 5.74) is 0.0800. The lowest BCUT2D eigenvalue weighted by Crippen LogP contribution is -2.27. The van der Waals surface area contributed by atoms with Crippen molar-refractivity contribution in [1.82, 2.24) is 4.98 Å². The second-order valence-corrected chi connectivity index (χ2v) is 8.98. The Labute approximate surface area is 116 Å². The molecule has 1 aromatic heterocycles. The maximum Gasteiger partial charge on any atom is 0.394 e. The molecule has 5 nitrogen and oxygen atoms in total. The zero-order chi connectivity index (χ0) is 14.8. The van der Waals surface area contributed by atoms with E-state index in [0.717, 1.165) is 0 Å². The van der Waals surface area contributed by atoms with Gasteiger partial charge in [-0.25, -0.2) is 9.78 Å². The molecule has 0 aliphatic rings. The van der Waals surface area contributed by atoms with Crippen LogP contribution in [0.5, 0.6) is 0 Å². The molecule has 1 heterocycles. The van der Waals surface area contributed by atoms with E-state index in [-0.39, 0.29) is 10.9 Å². The van der Waals surface area contributed by atoms with Gasteiger partial charge in [0.15, 0.2) is 15.5 Å². The molecule has 0 spiro atoms. The van der Waals surface area contributed by atoms with E-state index in [4.69, 9.17) is 8.84 Å². The number of carbonyl (C=O) groups is 1. The van der Waals surface area contributed by atoms with E-state index in [1.165, 1.54) is 7.11 Å². The Morgan fingerprint density at radius 1 is 1.26 bits per heavy atom. The average Bonchev–Trinajstić information content (AvgIpc) is 2.68. The Hall–Kier alpha value is -1.14. The van der Waals surface area contributed by atoms with Crippen molar-refractivity contribution < 1.29 is 18.4 Å². The summed E-state index contributed by atoms with van der Waals surface area (Å²) >= 11 is 0. The summed E-state index contributed by atoms with van der Waals surface area (Å²) in [7, 11) is 0.568. The van der Waals surface area contributed by atoms with Gasteiger partial charge in [-0.1, -0.05) is 20.8 Å². The summed E-state index contributed by atoms with van der Waals surface area (Å²) in [5, 5.41) is 0.191. The fourth-order valence-corrected chi connectivity index (χ4v) is 2.52. The smallest absolute Gasteiger partial charge is 0.394 e. The summed E-state index contributed by atoms with van der Waals surface area (Å²) in [4.78, 5) is 15.5. The SMILES string of the molecule is COC(=O)c1nc(C)c(C(C)(C)O[SiH2]C(C)(C)C)o1. The number of methoxy groups -OCH3 is 1. The molecule has 0 aromatic carbocycles. The van der Waals surface area contributed by atoms with Crippen LogP contribution in [0.2, 0.25) is 5.04 Å². The van der Waals surface area contributed by atoms with Crippen LogP contribution in [0.1, 0.15) is 56.8 Å². The van der Waals surface area contributed by atoms with Gasteiger partial charge in [-0.05, 0) is 25.8 Å². The number of nitrogens with zero attached hydrogens (tertiary/aromatic N) is 1. The first kappa shape index (κ1) is 15.9. The highest BCUT2D eigenvalue weighted by atomic mass is 28.2. The number of hydrogen-bond donors (Lipinski definition) is 0. The first-order chi connectivity index (χ1) is 8.57. The summed E-state index contributed by atoms with van der Waals surface area (Å²) in [6, 6.07) is 0. The van der Waals surface area contributed by atoms with E-state index >= 15 is 0 Å². The molecule has 108 valence electrons. The van der Waals surface area contributed by atoms with Crippen LogP contribution in [0, 0.1) is 6.92 Å². The van der Waals surface area contributed by atoms with Crippen LogP contribution in [0.25, 0.3) is 0 Å². The van der Waals surface area contributed by atoms with Gasteiger partial charge >= 0.3 is 11.9 Å². The third-order valence-corrected chi connectivity index (χ3v) is 4.30. The van der Waals surface area contributed by atoms with Crippen molar-refractivity contribution in [3.63, 3.8) is 0 Å². The maximum atomic E-state index is 11.4. The molecule has 1 aromatic rings. The lowest BCUT2D eigenvalue weighted by molar-refractivity contribution is 0.0520. The topological polar surface area (TPSA) is 61.6 Å². The Kier molecular flexibility index (Phi) is 4.57. The molecule has 0 saturated carbocycles. The van der Waals surface area contributed by atoms with Crippen molar-refractivity contribution >= 4 is 15.7 Å². The van der Waals surface area contributed by atoms with Crippen molar-refractivity contribution in [2.45, 2.75) is 52.2 Å².